The third kappa shape index (κ3) is 4.41. The van der Waals surface area contributed by atoms with Crippen molar-refractivity contribution in [2.45, 2.75) is 78.1 Å². The third-order valence-corrected chi connectivity index (χ3v) is 5.38. The van der Waals surface area contributed by atoms with E-state index in [4.69, 9.17) is 9.97 Å². The van der Waals surface area contributed by atoms with Crippen LogP contribution in [0.3, 0.4) is 0 Å². The van der Waals surface area contributed by atoms with Gasteiger partial charge in [-0.1, -0.05) is 58.4 Å². The lowest BCUT2D eigenvalue weighted by Crippen LogP contribution is -1.96. The van der Waals surface area contributed by atoms with E-state index in [1.165, 1.54) is 73.3 Å². The van der Waals surface area contributed by atoms with Crippen molar-refractivity contribution < 1.29 is 0 Å². The van der Waals surface area contributed by atoms with Crippen LogP contribution in [0.15, 0.2) is 36.7 Å². The molecule has 0 aliphatic heterocycles. The summed E-state index contributed by atoms with van der Waals surface area (Å²) in [7, 11) is 0. The number of nitrogens with zero attached hydrogens (tertiary/aromatic N) is 2. The molecule has 0 spiro atoms. The number of aromatic nitrogens is 2. The van der Waals surface area contributed by atoms with E-state index in [1.54, 1.807) is 0 Å². The van der Waals surface area contributed by atoms with Crippen molar-refractivity contribution in [3.8, 4) is 0 Å². The highest BCUT2D eigenvalue weighted by molar-refractivity contribution is 6.05. The second-order valence-corrected chi connectivity index (χ2v) is 7.42. The molecule has 0 saturated carbocycles. The number of aryl methyl sites for hydroxylation is 2. The van der Waals surface area contributed by atoms with Crippen LogP contribution in [-0.2, 0) is 12.8 Å². The van der Waals surface area contributed by atoms with E-state index in [9.17, 15) is 0 Å². The zero-order valence-corrected chi connectivity index (χ0v) is 16.4. The van der Waals surface area contributed by atoms with Crippen molar-refractivity contribution in [1.82, 2.24) is 9.97 Å². The Hall–Kier alpha value is -1.96. The van der Waals surface area contributed by atoms with Crippen LogP contribution in [0, 0.1) is 0 Å². The molecule has 2 heteroatoms. The number of hydrogen-bond donors (Lipinski definition) is 0. The molecule has 0 radical (unpaired) electrons. The van der Waals surface area contributed by atoms with E-state index in [2.05, 4.69) is 38.1 Å². The normalized spacial score (nSPS) is 11.5. The minimum absolute atomic E-state index is 1.07. The van der Waals surface area contributed by atoms with Gasteiger partial charge < -0.3 is 0 Å². The van der Waals surface area contributed by atoms with Gasteiger partial charge in [-0.05, 0) is 55.0 Å². The Morgan fingerprint density at radius 1 is 0.654 bits per heavy atom. The van der Waals surface area contributed by atoms with Crippen LogP contribution in [-0.4, -0.2) is 9.97 Å². The number of fused-ring (bicyclic) bond motifs is 3. The predicted octanol–water partition coefficient (Wildman–Crippen LogP) is 7.03. The van der Waals surface area contributed by atoms with E-state index < -0.39 is 0 Å². The Bertz CT molecular complexity index is 833. The maximum atomic E-state index is 4.70. The molecule has 0 N–H and O–H groups in total. The van der Waals surface area contributed by atoms with Gasteiger partial charge in [0.05, 0.1) is 11.0 Å². The highest BCUT2D eigenvalue weighted by Crippen LogP contribution is 2.29. The molecular weight excluding hydrogens is 316 g/mol. The zero-order chi connectivity index (χ0) is 18.2. The van der Waals surface area contributed by atoms with Crippen molar-refractivity contribution in [1.29, 1.82) is 0 Å². The maximum absolute atomic E-state index is 4.70. The van der Waals surface area contributed by atoms with Gasteiger partial charge in [0, 0.05) is 23.2 Å². The monoisotopic (exact) mass is 348 g/mol. The Labute approximate surface area is 158 Å². The predicted molar refractivity (Wildman–Crippen MR) is 113 cm³/mol. The second kappa shape index (κ2) is 9.66. The lowest BCUT2D eigenvalue weighted by Gasteiger charge is -2.12. The average Bonchev–Trinajstić information content (AvgIpc) is 2.69. The summed E-state index contributed by atoms with van der Waals surface area (Å²) in [6, 6.07) is 8.89. The summed E-state index contributed by atoms with van der Waals surface area (Å²) >= 11 is 0. The van der Waals surface area contributed by atoms with Crippen LogP contribution in [0.2, 0.25) is 0 Å². The highest BCUT2D eigenvalue weighted by Gasteiger charge is 2.11. The first-order chi connectivity index (χ1) is 12.8. The van der Waals surface area contributed by atoms with Crippen molar-refractivity contribution >= 4 is 21.8 Å². The first-order valence-corrected chi connectivity index (χ1v) is 10.5. The lowest BCUT2D eigenvalue weighted by molar-refractivity contribution is 0.667. The molecule has 0 saturated heterocycles. The average molecular weight is 349 g/mol. The number of benzene rings is 1. The van der Waals surface area contributed by atoms with Gasteiger partial charge in [-0.25, -0.2) is 0 Å². The number of unbranched alkanes of at least 4 members (excludes halogenated alkanes) is 6. The van der Waals surface area contributed by atoms with Crippen molar-refractivity contribution in [3.05, 3.63) is 47.8 Å². The molecular formula is C24H32N2. The SMILES string of the molecule is CCCCCCc1cc2c(CCCCCC)ccnc2c2ncccc12. The second-order valence-electron chi connectivity index (χ2n) is 7.42. The van der Waals surface area contributed by atoms with Crippen LogP contribution >= 0.6 is 0 Å². The van der Waals surface area contributed by atoms with Gasteiger partial charge in [-0.2, -0.15) is 0 Å². The summed E-state index contributed by atoms with van der Waals surface area (Å²) in [6.07, 6.45) is 16.5. The summed E-state index contributed by atoms with van der Waals surface area (Å²) in [5, 5.41) is 2.60. The maximum Gasteiger partial charge on any atom is 0.0967 e. The Balaban J connectivity index is 1.96. The molecule has 2 heterocycles. The van der Waals surface area contributed by atoms with Crippen LogP contribution < -0.4 is 0 Å². The molecule has 0 unspecified atom stereocenters. The van der Waals surface area contributed by atoms with E-state index in [-0.39, 0.29) is 0 Å². The van der Waals surface area contributed by atoms with Gasteiger partial charge in [-0.15, -0.1) is 0 Å². The van der Waals surface area contributed by atoms with E-state index in [0.717, 1.165) is 23.9 Å². The highest BCUT2D eigenvalue weighted by atomic mass is 14.7. The molecule has 0 fully saturated rings. The molecule has 0 bridgehead atoms. The Kier molecular flexibility index (Phi) is 6.99. The van der Waals surface area contributed by atoms with Gasteiger partial charge in [-0.3, -0.25) is 9.97 Å². The largest absolute Gasteiger partial charge is 0.254 e. The topological polar surface area (TPSA) is 25.8 Å². The standard InChI is InChI=1S/C24H32N2/c1-3-5-7-9-12-19-15-17-26-24-22(19)18-20(13-10-8-6-4-2)21-14-11-16-25-23(21)24/h11,14-18H,3-10,12-13H2,1-2H3. The van der Waals surface area contributed by atoms with Gasteiger partial charge in [0.1, 0.15) is 0 Å². The quantitative estimate of drug-likeness (QED) is 0.290. The molecule has 0 aliphatic carbocycles. The van der Waals surface area contributed by atoms with Crippen LogP contribution in [0.5, 0.6) is 0 Å². The molecule has 0 atom stereocenters. The summed E-state index contributed by atoms with van der Waals surface area (Å²) in [6.45, 7) is 4.54. The molecule has 1 aromatic carbocycles. The summed E-state index contributed by atoms with van der Waals surface area (Å²) in [5.41, 5.74) is 5.03. The number of hydrogen-bond acceptors (Lipinski definition) is 2. The summed E-state index contributed by atoms with van der Waals surface area (Å²) in [4.78, 5) is 9.41. The third-order valence-electron chi connectivity index (χ3n) is 5.38. The minimum Gasteiger partial charge on any atom is -0.254 e. The van der Waals surface area contributed by atoms with E-state index >= 15 is 0 Å². The van der Waals surface area contributed by atoms with Gasteiger partial charge in [0.15, 0.2) is 0 Å². The summed E-state index contributed by atoms with van der Waals surface area (Å²) < 4.78 is 0. The molecule has 0 amide bonds. The smallest absolute Gasteiger partial charge is 0.0967 e. The Morgan fingerprint density at radius 2 is 1.31 bits per heavy atom. The first kappa shape index (κ1) is 18.8. The first-order valence-electron chi connectivity index (χ1n) is 10.5. The fourth-order valence-electron chi connectivity index (χ4n) is 3.88. The molecule has 2 nitrogen and oxygen atoms in total. The van der Waals surface area contributed by atoms with E-state index in [1.807, 2.05) is 12.4 Å². The van der Waals surface area contributed by atoms with Crippen LogP contribution in [0.1, 0.15) is 76.3 Å². The minimum atomic E-state index is 1.07. The Morgan fingerprint density at radius 3 is 2.04 bits per heavy atom. The van der Waals surface area contributed by atoms with Crippen LogP contribution in [0.25, 0.3) is 21.8 Å². The molecule has 138 valence electrons. The fourth-order valence-corrected chi connectivity index (χ4v) is 3.88. The van der Waals surface area contributed by atoms with E-state index in [0.29, 0.717) is 0 Å². The zero-order valence-electron chi connectivity index (χ0n) is 16.4. The van der Waals surface area contributed by atoms with Crippen molar-refractivity contribution in [3.63, 3.8) is 0 Å². The van der Waals surface area contributed by atoms with Gasteiger partial charge in [0.2, 0.25) is 0 Å². The lowest BCUT2D eigenvalue weighted by atomic mass is 9.95. The molecule has 0 aliphatic rings. The fraction of sp³-hybridized carbons (Fsp3) is 0.500. The van der Waals surface area contributed by atoms with Gasteiger partial charge >= 0.3 is 0 Å². The van der Waals surface area contributed by atoms with Crippen molar-refractivity contribution in [2.75, 3.05) is 0 Å². The van der Waals surface area contributed by atoms with Gasteiger partial charge in [0.25, 0.3) is 0 Å². The molecule has 2 aromatic heterocycles. The van der Waals surface area contributed by atoms with Crippen molar-refractivity contribution in [2.24, 2.45) is 0 Å². The summed E-state index contributed by atoms with van der Waals surface area (Å²) in [5.74, 6) is 0. The number of rotatable bonds is 10. The molecule has 3 aromatic rings. The molecule has 26 heavy (non-hydrogen) atoms. The number of pyridine rings is 2. The molecule has 3 rings (SSSR count). The van der Waals surface area contributed by atoms with Crippen LogP contribution in [0.4, 0.5) is 0 Å².